The molecule has 3 rings (SSSR count). The SMILES string of the molecule is CC1CC(C)CC(C(=O)C2COc3ccccc3O2)C1. The topological polar surface area (TPSA) is 35.5 Å². The molecule has 3 nitrogen and oxygen atoms in total. The monoisotopic (exact) mass is 274 g/mol. The van der Waals surface area contributed by atoms with Gasteiger partial charge in [0.05, 0.1) is 0 Å². The van der Waals surface area contributed by atoms with Gasteiger partial charge in [-0.2, -0.15) is 0 Å². The third-order valence-corrected chi connectivity index (χ3v) is 4.41. The van der Waals surface area contributed by atoms with Crippen molar-refractivity contribution in [3.8, 4) is 11.5 Å². The second-order valence-corrected chi connectivity index (χ2v) is 6.38. The average molecular weight is 274 g/mol. The van der Waals surface area contributed by atoms with Crippen molar-refractivity contribution in [1.29, 1.82) is 0 Å². The molecule has 3 heteroatoms. The van der Waals surface area contributed by atoms with Crippen LogP contribution in [0, 0.1) is 17.8 Å². The summed E-state index contributed by atoms with van der Waals surface area (Å²) in [7, 11) is 0. The van der Waals surface area contributed by atoms with Crippen molar-refractivity contribution in [3.63, 3.8) is 0 Å². The minimum Gasteiger partial charge on any atom is -0.485 e. The highest BCUT2D eigenvalue weighted by molar-refractivity contribution is 5.86. The molecule has 1 aliphatic carbocycles. The molecule has 0 aromatic heterocycles. The summed E-state index contributed by atoms with van der Waals surface area (Å²) in [6.45, 7) is 4.82. The standard InChI is InChI=1S/C17H22O3/c1-11-7-12(2)9-13(8-11)17(18)16-10-19-14-5-3-4-6-15(14)20-16/h3-6,11-13,16H,7-10H2,1-2H3. The van der Waals surface area contributed by atoms with Gasteiger partial charge in [-0.1, -0.05) is 26.0 Å². The van der Waals surface area contributed by atoms with Crippen molar-refractivity contribution in [2.24, 2.45) is 17.8 Å². The van der Waals surface area contributed by atoms with Gasteiger partial charge < -0.3 is 9.47 Å². The van der Waals surface area contributed by atoms with Crippen molar-refractivity contribution in [1.82, 2.24) is 0 Å². The highest BCUT2D eigenvalue weighted by Crippen LogP contribution is 2.36. The van der Waals surface area contributed by atoms with Gasteiger partial charge in [-0.3, -0.25) is 4.79 Å². The van der Waals surface area contributed by atoms with Crippen LogP contribution >= 0.6 is 0 Å². The van der Waals surface area contributed by atoms with Crippen LogP contribution in [0.2, 0.25) is 0 Å². The first kappa shape index (κ1) is 13.5. The van der Waals surface area contributed by atoms with Gasteiger partial charge in [-0.25, -0.2) is 0 Å². The van der Waals surface area contributed by atoms with Crippen molar-refractivity contribution in [2.45, 2.75) is 39.2 Å². The van der Waals surface area contributed by atoms with Gasteiger partial charge >= 0.3 is 0 Å². The second kappa shape index (κ2) is 5.47. The lowest BCUT2D eigenvalue weighted by Crippen LogP contribution is -2.42. The first-order valence-corrected chi connectivity index (χ1v) is 7.55. The zero-order valence-electron chi connectivity index (χ0n) is 12.2. The number of para-hydroxylation sites is 2. The zero-order valence-corrected chi connectivity index (χ0v) is 12.2. The first-order valence-electron chi connectivity index (χ1n) is 7.55. The van der Waals surface area contributed by atoms with E-state index in [9.17, 15) is 4.79 Å². The van der Waals surface area contributed by atoms with Gasteiger partial charge in [0, 0.05) is 5.92 Å². The Labute approximate surface area is 120 Å². The lowest BCUT2D eigenvalue weighted by molar-refractivity contribution is -0.134. The smallest absolute Gasteiger partial charge is 0.191 e. The summed E-state index contributed by atoms with van der Waals surface area (Å²) in [4.78, 5) is 12.6. The fraction of sp³-hybridized carbons (Fsp3) is 0.588. The van der Waals surface area contributed by atoms with Crippen LogP contribution in [0.5, 0.6) is 11.5 Å². The molecule has 1 fully saturated rings. The summed E-state index contributed by atoms with van der Waals surface area (Å²) >= 11 is 0. The van der Waals surface area contributed by atoms with Crippen LogP contribution in [0.15, 0.2) is 24.3 Å². The van der Waals surface area contributed by atoms with E-state index in [1.54, 1.807) is 0 Å². The van der Waals surface area contributed by atoms with Crippen molar-refractivity contribution in [2.75, 3.05) is 6.61 Å². The fourth-order valence-corrected chi connectivity index (χ4v) is 3.60. The van der Waals surface area contributed by atoms with E-state index in [1.165, 1.54) is 6.42 Å². The van der Waals surface area contributed by atoms with Gasteiger partial charge in [0.15, 0.2) is 23.4 Å². The Balaban J connectivity index is 1.69. The predicted molar refractivity (Wildman–Crippen MR) is 77.0 cm³/mol. The number of ketones is 1. The van der Waals surface area contributed by atoms with Gasteiger partial charge in [-0.15, -0.1) is 0 Å². The molecule has 20 heavy (non-hydrogen) atoms. The summed E-state index contributed by atoms with van der Waals surface area (Å²) in [5.41, 5.74) is 0. The summed E-state index contributed by atoms with van der Waals surface area (Å²) < 4.78 is 11.5. The quantitative estimate of drug-likeness (QED) is 0.828. The van der Waals surface area contributed by atoms with Crippen LogP contribution < -0.4 is 9.47 Å². The third-order valence-electron chi connectivity index (χ3n) is 4.41. The summed E-state index contributed by atoms with van der Waals surface area (Å²) in [6.07, 6.45) is 2.77. The normalized spacial score (nSPS) is 32.7. The number of hydrogen-bond acceptors (Lipinski definition) is 3. The molecular weight excluding hydrogens is 252 g/mol. The van der Waals surface area contributed by atoms with E-state index in [4.69, 9.17) is 9.47 Å². The molecule has 3 unspecified atom stereocenters. The maximum absolute atomic E-state index is 12.6. The molecular formula is C17H22O3. The molecule has 1 heterocycles. The molecule has 0 saturated heterocycles. The largest absolute Gasteiger partial charge is 0.485 e. The molecule has 1 aliphatic heterocycles. The van der Waals surface area contributed by atoms with Gasteiger partial charge in [0.25, 0.3) is 0 Å². The van der Waals surface area contributed by atoms with Crippen LogP contribution in [0.1, 0.15) is 33.1 Å². The van der Waals surface area contributed by atoms with E-state index in [0.717, 1.165) is 18.6 Å². The number of rotatable bonds is 2. The number of fused-ring (bicyclic) bond motifs is 1. The fourth-order valence-electron chi connectivity index (χ4n) is 3.60. The molecule has 1 aromatic rings. The molecule has 2 aliphatic rings. The number of ether oxygens (including phenoxy) is 2. The van der Waals surface area contributed by atoms with Gasteiger partial charge in [0.2, 0.25) is 0 Å². The van der Waals surface area contributed by atoms with Crippen molar-refractivity contribution < 1.29 is 14.3 Å². The van der Waals surface area contributed by atoms with Crippen LogP contribution in [-0.4, -0.2) is 18.5 Å². The van der Waals surface area contributed by atoms with Crippen LogP contribution in [0.4, 0.5) is 0 Å². The number of hydrogen-bond donors (Lipinski definition) is 0. The van der Waals surface area contributed by atoms with Crippen LogP contribution in [0.3, 0.4) is 0 Å². The second-order valence-electron chi connectivity index (χ2n) is 6.38. The van der Waals surface area contributed by atoms with E-state index in [2.05, 4.69) is 13.8 Å². The summed E-state index contributed by atoms with van der Waals surface area (Å²) in [5.74, 6) is 3.04. The lowest BCUT2D eigenvalue weighted by atomic mass is 9.74. The number of carbonyl (C=O) groups is 1. The molecule has 0 bridgehead atoms. The Hall–Kier alpha value is -1.51. The van der Waals surface area contributed by atoms with Crippen molar-refractivity contribution in [3.05, 3.63) is 24.3 Å². The highest BCUT2D eigenvalue weighted by Gasteiger charge is 2.36. The minimum absolute atomic E-state index is 0.132. The number of Topliss-reactive ketones (excluding diaryl/α,β-unsaturated/α-hetero) is 1. The van der Waals surface area contributed by atoms with E-state index in [0.29, 0.717) is 24.2 Å². The van der Waals surface area contributed by atoms with Crippen LogP contribution in [-0.2, 0) is 4.79 Å². The Morgan fingerprint density at radius 2 is 1.70 bits per heavy atom. The Kier molecular flexibility index (Phi) is 3.68. The highest BCUT2D eigenvalue weighted by atomic mass is 16.6. The van der Waals surface area contributed by atoms with E-state index in [-0.39, 0.29) is 11.7 Å². The maximum atomic E-state index is 12.6. The Bertz CT molecular complexity index is 487. The molecule has 1 aromatic carbocycles. The minimum atomic E-state index is -0.438. The molecule has 0 N–H and O–H groups in total. The molecule has 108 valence electrons. The first-order chi connectivity index (χ1) is 9.63. The van der Waals surface area contributed by atoms with E-state index in [1.807, 2.05) is 24.3 Å². The van der Waals surface area contributed by atoms with Crippen LogP contribution in [0.25, 0.3) is 0 Å². The summed E-state index contributed by atoms with van der Waals surface area (Å²) in [6, 6.07) is 7.55. The third kappa shape index (κ3) is 2.67. The predicted octanol–water partition coefficient (Wildman–Crippen LogP) is 3.47. The zero-order chi connectivity index (χ0) is 14.1. The van der Waals surface area contributed by atoms with Gasteiger partial charge in [0.1, 0.15) is 6.61 Å². The molecule has 0 spiro atoms. The average Bonchev–Trinajstić information content (AvgIpc) is 2.45. The Morgan fingerprint density at radius 1 is 1.05 bits per heavy atom. The van der Waals surface area contributed by atoms with Gasteiger partial charge in [-0.05, 0) is 43.2 Å². The van der Waals surface area contributed by atoms with E-state index >= 15 is 0 Å². The van der Waals surface area contributed by atoms with E-state index < -0.39 is 6.10 Å². The molecule has 1 saturated carbocycles. The number of carbonyl (C=O) groups excluding carboxylic acids is 1. The summed E-state index contributed by atoms with van der Waals surface area (Å²) in [5, 5.41) is 0. The Morgan fingerprint density at radius 3 is 2.40 bits per heavy atom. The lowest BCUT2D eigenvalue weighted by Gasteiger charge is -2.34. The molecule has 3 atom stereocenters. The maximum Gasteiger partial charge on any atom is 0.191 e. The molecule has 0 amide bonds. The number of benzene rings is 1. The van der Waals surface area contributed by atoms with Crippen molar-refractivity contribution >= 4 is 5.78 Å². The molecule has 0 radical (unpaired) electrons.